The van der Waals surface area contributed by atoms with Crippen molar-refractivity contribution in [3.8, 4) is 0 Å². The van der Waals surface area contributed by atoms with E-state index in [1.807, 2.05) is 40.0 Å². The molecule has 0 saturated carbocycles. The smallest absolute Gasteiger partial charge is 0.416 e. The molecule has 0 bridgehead atoms. The molecule has 0 aromatic heterocycles. The Hall–Kier alpha value is -2.02. The van der Waals surface area contributed by atoms with Crippen LogP contribution in [0, 0.1) is 17.8 Å². The third-order valence-electron chi connectivity index (χ3n) is 6.94. The van der Waals surface area contributed by atoms with Crippen molar-refractivity contribution in [2.45, 2.75) is 59.2 Å². The normalized spacial score (nSPS) is 20.4. The Morgan fingerprint density at radius 2 is 1.86 bits per heavy atom. The number of hydrogen-bond acceptors (Lipinski definition) is 3. The number of aliphatic hydroxyl groups excluding tert-OH is 1. The Bertz CT molecular complexity index is 979. The molecule has 4 unspecified atom stereocenters. The fraction of sp³-hybridized carbons (Fsp3) is 0.517. The van der Waals surface area contributed by atoms with Crippen LogP contribution < -0.4 is 5.32 Å². The van der Waals surface area contributed by atoms with Gasteiger partial charge in [0.05, 0.1) is 5.56 Å². The van der Waals surface area contributed by atoms with E-state index in [0.717, 1.165) is 64.6 Å². The molecule has 36 heavy (non-hydrogen) atoms. The third kappa shape index (κ3) is 7.99. The van der Waals surface area contributed by atoms with Crippen LogP contribution >= 0.6 is 11.6 Å². The zero-order valence-corrected chi connectivity index (χ0v) is 22.6. The number of hydrogen-bond donors (Lipinski definition) is 2. The Labute approximate surface area is 218 Å². The van der Waals surface area contributed by atoms with Crippen molar-refractivity contribution >= 4 is 17.2 Å². The van der Waals surface area contributed by atoms with Crippen molar-refractivity contribution < 1.29 is 23.0 Å². The monoisotopic (exact) mass is 525 g/mol. The van der Waals surface area contributed by atoms with E-state index >= 15 is 0 Å². The Morgan fingerprint density at radius 1 is 1.22 bits per heavy atom. The fourth-order valence-electron chi connectivity index (χ4n) is 4.30. The van der Waals surface area contributed by atoms with Gasteiger partial charge in [0.25, 0.3) is 0 Å². The van der Waals surface area contributed by atoms with Crippen LogP contribution in [0.25, 0.3) is 5.57 Å². The quantitative estimate of drug-likeness (QED) is 0.204. The average molecular weight is 526 g/mol. The second-order valence-corrected chi connectivity index (χ2v) is 9.89. The van der Waals surface area contributed by atoms with E-state index in [1.165, 1.54) is 12.1 Å². The van der Waals surface area contributed by atoms with Gasteiger partial charge >= 0.3 is 6.18 Å². The second-order valence-electron chi connectivity index (χ2n) is 9.41. The summed E-state index contributed by atoms with van der Waals surface area (Å²) in [4.78, 5) is 0. The minimum atomic E-state index is -4.37. The summed E-state index contributed by atoms with van der Waals surface area (Å²) in [5, 5.41) is 13.8. The second kappa shape index (κ2) is 13.5. The summed E-state index contributed by atoms with van der Waals surface area (Å²) in [6, 6.07) is 5.25. The molecule has 0 aliphatic carbocycles. The largest absolute Gasteiger partial charge is 0.483 e. The zero-order chi connectivity index (χ0) is 27.0. The van der Waals surface area contributed by atoms with Crippen LogP contribution in [0.5, 0.6) is 0 Å². The van der Waals surface area contributed by atoms with E-state index in [0.29, 0.717) is 6.42 Å². The number of ether oxygens (including phenoxy) is 1. The highest BCUT2D eigenvalue weighted by atomic mass is 35.5. The van der Waals surface area contributed by atoms with Gasteiger partial charge in [-0.3, -0.25) is 0 Å². The van der Waals surface area contributed by atoms with Crippen molar-refractivity contribution in [3.05, 3.63) is 76.1 Å². The molecule has 0 spiro atoms. The molecule has 1 aromatic carbocycles. The predicted molar refractivity (Wildman–Crippen MR) is 142 cm³/mol. The highest BCUT2D eigenvalue weighted by Crippen LogP contribution is 2.44. The Balaban J connectivity index is 2.33. The fourth-order valence-corrected chi connectivity index (χ4v) is 4.44. The van der Waals surface area contributed by atoms with E-state index < -0.39 is 11.7 Å². The molecule has 1 aliphatic rings. The topological polar surface area (TPSA) is 44.8 Å². The minimum Gasteiger partial charge on any atom is -0.483 e. The zero-order valence-electron chi connectivity index (χ0n) is 21.9. The maximum Gasteiger partial charge on any atom is 0.416 e. The summed E-state index contributed by atoms with van der Waals surface area (Å²) in [5.41, 5.74) is 2.91. The number of benzene rings is 1. The highest BCUT2D eigenvalue weighted by Gasteiger charge is 2.43. The summed E-state index contributed by atoms with van der Waals surface area (Å²) in [6.45, 7) is 13.2. The van der Waals surface area contributed by atoms with Crippen molar-refractivity contribution in [2.75, 3.05) is 20.2 Å². The lowest BCUT2D eigenvalue weighted by Crippen LogP contribution is -2.25. The van der Waals surface area contributed by atoms with E-state index in [9.17, 15) is 18.3 Å². The number of aliphatic hydroxyl groups is 1. The number of alkyl halides is 3. The van der Waals surface area contributed by atoms with E-state index in [1.54, 1.807) is 0 Å². The van der Waals surface area contributed by atoms with Crippen LogP contribution in [0.3, 0.4) is 0 Å². The summed E-state index contributed by atoms with van der Waals surface area (Å²) >= 11 is 6.43. The van der Waals surface area contributed by atoms with Crippen molar-refractivity contribution in [3.63, 3.8) is 0 Å². The number of allylic oxidation sites excluding steroid dienone is 5. The standard InChI is InChI=1S/C29H39ClF3NO2/c1-7-18(3)25(21-9-11-23(12-10-21)29(31,32)33)16-27-28(36-27)20(5)26(15-24(30)8-2)19(4)22(17-35)13-14-34-6/h9-12,15-16,20,22,26,28,34-35H,4,7-8,13-14,17H2,1-3,5-6H3. The maximum atomic E-state index is 13.0. The molecule has 3 nitrogen and oxygen atoms in total. The molecule has 200 valence electrons. The molecule has 0 amide bonds. The number of halogens is 4. The third-order valence-corrected chi connectivity index (χ3v) is 7.34. The van der Waals surface area contributed by atoms with Crippen LogP contribution in [0.15, 0.2) is 64.9 Å². The van der Waals surface area contributed by atoms with Crippen LogP contribution in [0.2, 0.25) is 0 Å². The number of rotatable bonds is 13. The molecule has 1 aliphatic heterocycles. The Kier molecular flexibility index (Phi) is 11.3. The summed E-state index contributed by atoms with van der Waals surface area (Å²) in [6.07, 6.45) is 1.64. The first-order valence-corrected chi connectivity index (χ1v) is 12.9. The highest BCUT2D eigenvalue weighted by molar-refractivity contribution is 6.29. The van der Waals surface area contributed by atoms with E-state index in [-0.39, 0.29) is 30.5 Å². The van der Waals surface area contributed by atoms with Crippen LogP contribution in [-0.4, -0.2) is 31.4 Å². The van der Waals surface area contributed by atoms with Crippen LogP contribution in [0.1, 0.15) is 58.1 Å². The van der Waals surface area contributed by atoms with Gasteiger partial charge in [-0.2, -0.15) is 13.2 Å². The van der Waals surface area contributed by atoms with Gasteiger partial charge in [0, 0.05) is 29.4 Å². The summed E-state index contributed by atoms with van der Waals surface area (Å²) in [5.74, 6) is 0.648. The van der Waals surface area contributed by atoms with Gasteiger partial charge in [-0.1, -0.05) is 68.3 Å². The van der Waals surface area contributed by atoms with Crippen molar-refractivity contribution in [2.24, 2.45) is 17.8 Å². The summed E-state index contributed by atoms with van der Waals surface area (Å²) < 4.78 is 45.1. The van der Waals surface area contributed by atoms with Gasteiger partial charge in [-0.05, 0) is 69.1 Å². The van der Waals surface area contributed by atoms with Gasteiger partial charge in [0.1, 0.15) is 5.76 Å². The summed E-state index contributed by atoms with van der Waals surface area (Å²) in [7, 11) is 1.88. The molecule has 2 rings (SSSR count). The molecular weight excluding hydrogens is 487 g/mol. The molecular formula is C29H39ClF3NO2. The molecule has 1 saturated heterocycles. The SMILES string of the molecule is C=C(C(CO)CCNC)C(C=C(Cl)CC)C(C)C1OC1=CC(=C(C)CC)c1ccc(C(F)(F)F)cc1. The van der Waals surface area contributed by atoms with E-state index in [4.69, 9.17) is 16.3 Å². The predicted octanol–water partition coefficient (Wildman–Crippen LogP) is 7.73. The van der Waals surface area contributed by atoms with Gasteiger partial charge in [0.2, 0.25) is 0 Å². The van der Waals surface area contributed by atoms with Crippen LogP contribution in [0.4, 0.5) is 13.2 Å². The van der Waals surface area contributed by atoms with E-state index in [2.05, 4.69) is 18.8 Å². The molecule has 2 N–H and O–H groups in total. The van der Waals surface area contributed by atoms with Gasteiger partial charge in [-0.25, -0.2) is 0 Å². The number of epoxide rings is 1. The van der Waals surface area contributed by atoms with Crippen molar-refractivity contribution in [1.82, 2.24) is 5.32 Å². The molecule has 4 atom stereocenters. The molecule has 0 radical (unpaired) electrons. The van der Waals surface area contributed by atoms with Gasteiger partial charge in [-0.15, -0.1) is 0 Å². The Morgan fingerprint density at radius 3 is 2.36 bits per heavy atom. The van der Waals surface area contributed by atoms with Gasteiger partial charge in [0.15, 0.2) is 6.10 Å². The lowest BCUT2D eigenvalue weighted by atomic mass is 9.78. The lowest BCUT2D eigenvalue weighted by Gasteiger charge is -2.27. The molecule has 1 aromatic rings. The first kappa shape index (κ1) is 30.2. The maximum absolute atomic E-state index is 13.0. The first-order valence-electron chi connectivity index (χ1n) is 12.5. The van der Waals surface area contributed by atoms with Crippen molar-refractivity contribution in [1.29, 1.82) is 0 Å². The molecule has 1 fully saturated rings. The lowest BCUT2D eigenvalue weighted by molar-refractivity contribution is -0.137. The average Bonchev–Trinajstić information content (AvgIpc) is 3.64. The molecule has 7 heteroatoms. The van der Waals surface area contributed by atoms with Crippen LogP contribution in [-0.2, 0) is 10.9 Å². The minimum absolute atomic E-state index is 0.00599. The first-order chi connectivity index (χ1) is 17.0. The number of nitrogens with one attached hydrogen (secondary N) is 1. The van der Waals surface area contributed by atoms with Gasteiger partial charge < -0.3 is 15.2 Å². The molecule has 1 heterocycles.